The number of sulfonamides is 1. The molecular weight excluding hydrogens is 378 g/mol. The minimum absolute atomic E-state index is 0.0360. The summed E-state index contributed by atoms with van der Waals surface area (Å²) in [6.07, 6.45) is 0.509. The Hall–Kier alpha value is -2.58. The minimum atomic E-state index is -3.59. The Morgan fingerprint density at radius 2 is 1.79 bits per heavy atom. The minimum Gasteiger partial charge on any atom is -0.497 e. The zero-order valence-electron chi connectivity index (χ0n) is 16.5. The fourth-order valence-corrected chi connectivity index (χ4v) is 3.96. The Kier molecular flexibility index (Phi) is 5.90. The van der Waals surface area contributed by atoms with Crippen LogP contribution in [0.5, 0.6) is 11.5 Å². The summed E-state index contributed by atoms with van der Waals surface area (Å²) >= 11 is 0. The predicted molar refractivity (Wildman–Crippen MR) is 108 cm³/mol. The van der Waals surface area contributed by atoms with Crippen molar-refractivity contribution in [3.05, 3.63) is 48.3 Å². The first-order valence-corrected chi connectivity index (χ1v) is 10.5. The first-order valence-electron chi connectivity index (χ1n) is 9.06. The molecule has 0 saturated heterocycles. The number of nitrogens with zero attached hydrogens (tertiary/aromatic N) is 2. The Labute approximate surface area is 165 Å². The normalized spacial score (nSPS) is 11.9. The largest absolute Gasteiger partial charge is 0.497 e. The summed E-state index contributed by atoms with van der Waals surface area (Å²) in [5, 5.41) is 0. The molecule has 0 unspecified atom stereocenters. The van der Waals surface area contributed by atoms with Gasteiger partial charge in [0.2, 0.25) is 10.0 Å². The van der Waals surface area contributed by atoms with Gasteiger partial charge in [-0.05, 0) is 50.2 Å². The molecule has 0 bridgehead atoms. The lowest BCUT2D eigenvalue weighted by molar-refractivity contribution is 0.242. The number of benzene rings is 2. The number of aryl methyl sites for hydroxylation is 1. The van der Waals surface area contributed by atoms with Gasteiger partial charge in [0.15, 0.2) is 0 Å². The Morgan fingerprint density at radius 1 is 1.11 bits per heavy atom. The molecule has 0 amide bonds. The molecule has 1 heterocycles. The Bertz CT molecular complexity index is 1060. The average molecular weight is 404 g/mol. The molecule has 150 valence electrons. The van der Waals surface area contributed by atoms with Crippen molar-refractivity contribution in [2.24, 2.45) is 7.05 Å². The molecule has 0 saturated carbocycles. The number of hydrogen-bond acceptors (Lipinski definition) is 5. The van der Waals surface area contributed by atoms with E-state index in [-0.39, 0.29) is 17.5 Å². The van der Waals surface area contributed by atoms with Crippen LogP contribution >= 0.6 is 0 Å². The molecule has 3 rings (SSSR count). The smallest absolute Gasteiger partial charge is 0.240 e. The van der Waals surface area contributed by atoms with Crippen molar-refractivity contribution < 1.29 is 17.9 Å². The van der Waals surface area contributed by atoms with Crippen LogP contribution in [0.15, 0.2) is 47.4 Å². The van der Waals surface area contributed by atoms with Crippen molar-refractivity contribution in [3.8, 4) is 11.5 Å². The summed E-state index contributed by atoms with van der Waals surface area (Å²) in [6.45, 7) is 4.09. The van der Waals surface area contributed by atoms with Crippen LogP contribution in [0.2, 0.25) is 0 Å². The lowest BCUT2D eigenvalue weighted by atomic mass is 10.3. The van der Waals surface area contributed by atoms with E-state index < -0.39 is 10.0 Å². The summed E-state index contributed by atoms with van der Waals surface area (Å²) in [4.78, 5) is 4.79. The summed E-state index contributed by atoms with van der Waals surface area (Å²) in [5.74, 6) is 2.18. The van der Waals surface area contributed by atoms with E-state index in [9.17, 15) is 8.42 Å². The van der Waals surface area contributed by atoms with E-state index in [1.165, 1.54) is 0 Å². The number of nitrogens with one attached hydrogen (secondary N) is 1. The molecule has 1 N–H and O–H groups in total. The maximum atomic E-state index is 12.5. The Balaban J connectivity index is 1.66. The number of rotatable bonds is 8. The maximum Gasteiger partial charge on any atom is 0.240 e. The van der Waals surface area contributed by atoms with Gasteiger partial charge in [-0.1, -0.05) is 0 Å². The van der Waals surface area contributed by atoms with E-state index in [0.29, 0.717) is 12.2 Å². The highest BCUT2D eigenvalue weighted by Crippen LogP contribution is 2.21. The second-order valence-electron chi connectivity index (χ2n) is 6.73. The highest BCUT2D eigenvalue weighted by atomic mass is 32.2. The van der Waals surface area contributed by atoms with Gasteiger partial charge in [-0.2, -0.15) is 0 Å². The maximum absolute atomic E-state index is 12.5. The number of fused-ring (bicyclic) bond motifs is 1. The third-order valence-corrected chi connectivity index (χ3v) is 5.80. The standard InChI is InChI=1S/C20H25N3O4S/c1-14(2)27-15-5-8-17(9-6-15)28(24,25)21-12-11-20-22-18-13-16(26-4)7-10-19(18)23(20)3/h5-10,13-14,21H,11-12H2,1-4H3. The topological polar surface area (TPSA) is 82.4 Å². The molecule has 0 aliphatic heterocycles. The molecule has 0 spiro atoms. The SMILES string of the molecule is COc1ccc2c(c1)nc(CCNS(=O)(=O)c1ccc(OC(C)C)cc1)n2C. The van der Waals surface area contributed by atoms with E-state index in [4.69, 9.17) is 9.47 Å². The van der Waals surface area contributed by atoms with Crippen LogP contribution in [-0.2, 0) is 23.5 Å². The highest BCUT2D eigenvalue weighted by molar-refractivity contribution is 7.89. The van der Waals surface area contributed by atoms with Crippen molar-refractivity contribution in [2.45, 2.75) is 31.3 Å². The first kappa shape index (κ1) is 20.2. The monoisotopic (exact) mass is 403 g/mol. The number of ether oxygens (including phenoxy) is 2. The fraction of sp³-hybridized carbons (Fsp3) is 0.350. The molecule has 28 heavy (non-hydrogen) atoms. The van der Waals surface area contributed by atoms with Crippen LogP contribution in [0, 0.1) is 0 Å². The van der Waals surface area contributed by atoms with E-state index in [1.807, 2.05) is 43.7 Å². The third kappa shape index (κ3) is 4.45. The van der Waals surface area contributed by atoms with E-state index in [2.05, 4.69) is 9.71 Å². The number of methoxy groups -OCH3 is 1. The molecule has 0 radical (unpaired) electrons. The fourth-order valence-electron chi connectivity index (χ4n) is 2.93. The van der Waals surface area contributed by atoms with Gasteiger partial charge in [0.05, 0.1) is 29.1 Å². The first-order chi connectivity index (χ1) is 13.3. The van der Waals surface area contributed by atoms with Crippen molar-refractivity contribution in [1.82, 2.24) is 14.3 Å². The van der Waals surface area contributed by atoms with Gasteiger partial charge in [0, 0.05) is 26.1 Å². The highest BCUT2D eigenvalue weighted by Gasteiger charge is 2.15. The average Bonchev–Trinajstić information content (AvgIpc) is 2.96. The van der Waals surface area contributed by atoms with Gasteiger partial charge in [0.1, 0.15) is 17.3 Å². The lowest BCUT2D eigenvalue weighted by Crippen LogP contribution is -2.26. The third-order valence-electron chi connectivity index (χ3n) is 4.33. The van der Waals surface area contributed by atoms with Gasteiger partial charge >= 0.3 is 0 Å². The van der Waals surface area contributed by atoms with Crippen LogP contribution in [0.1, 0.15) is 19.7 Å². The molecule has 7 nitrogen and oxygen atoms in total. The molecule has 2 aromatic carbocycles. The lowest BCUT2D eigenvalue weighted by Gasteiger charge is -2.11. The molecule has 1 aromatic heterocycles. The van der Waals surface area contributed by atoms with Crippen molar-refractivity contribution in [2.75, 3.05) is 13.7 Å². The number of imidazole rings is 1. The van der Waals surface area contributed by atoms with Gasteiger partial charge in [0.25, 0.3) is 0 Å². The van der Waals surface area contributed by atoms with Crippen LogP contribution in [0.25, 0.3) is 11.0 Å². The molecule has 0 fully saturated rings. The van der Waals surface area contributed by atoms with Crippen molar-refractivity contribution in [1.29, 1.82) is 0 Å². The summed E-state index contributed by atoms with van der Waals surface area (Å²) in [5.41, 5.74) is 1.79. The summed E-state index contributed by atoms with van der Waals surface area (Å²) in [7, 11) is -0.0637. The van der Waals surface area contributed by atoms with E-state index in [1.54, 1.807) is 31.4 Å². The Morgan fingerprint density at radius 3 is 2.43 bits per heavy atom. The van der Waals surface area contributed by atoms with Crippen LogP contribution in [0.3, 0.4) is 0 Å². The van der Waals surface area contributed by atoms with Crippen LogP contribution in [-0.4, -0.2) is 37.7 Å². The predicted octanol–water partition coefficient (Wildman–Crippen LogP) is 2.89. The second kappa shape index (κ2) is 8.20. The molecule has 0 atom stereocenters. The molecule has 0 aliphatic carbocycles. The van der Waals surface area contributed by atoms with Gasteiger partial charge in [-0.3, -0.25) is 0 Å². The zero-order chi connectivity index (χ0) is 20.3. The van der Waals surface area contributed by atoms with Crippen LogP contribution < -0.4 is 14.2 Å². The zero-order valence-corrected chi connectivity index (χ0v) is 17.3. The second-order valence-corrected chi connectivity index (χ2v) is 8.49. The quantitative estimate of drug-likeness (QED) is 0.625. The number of aromatic nitrogens is 2. The van der Waals surface area contributed by atoms with Gasteiger partial charge < -0.3 is 14.0 Å². The summed E-state index contributed by atoms with van der Waals surface area (Å²) < 4.78 is 40.4. The molecule has 8 heteroatoms. The molecule has 3 aromatic rings. The van der Waals surface area contributed by atoms with Crippen molar-refractivity contribution >= 4 is 21.1 Å². The van der Waals surface area contributed by atoms with Gasteiger partial charge in [-0.15, -0.1) is 0 Å². The van der Waals surface area contributed by atoms with Crippen LogP contribution in [0.4, 0.5) is 0 Å². The van der Waals surface area contributed by atoms with Crippen molar-refractivity contribution in [3.63, 3.8) is 0 Å². The van der Waals surface area contributed by atoms with Gasteiger partial charge in [-0.25, -0.2) is 18.1 Å². The molecular formula is C20H25N3O4S. The number of hydrogen-bond donors (Lipinski definition) is 1. The van der Waals surface area contributed by atoms with E-state index >= 15 is 0 Å². The summed E-state index contributed by atoms with van der Waals surface area (Å²) in [6, 6.07) is 12.1. The molecule has 0 aliphatic rings. The van der Waals surface area contributed by atoms with E-state index in [0.717, 1.165) is 22.6 Å².